The third-order valence-corrected chi connectivity index (χ3v) is 6.56. The van der Waals surface area contributed by atoms with Gasteiger partial charge in [-0.1, -0.05) is 36.4 Å². The second-order valence-electron chi connectivity index (χ2n) is 7.76. The van der Waals surface area contributed by atoms with Crippen molar-refractivity contribution in [3.63, 3.8) is 0 Å². The summed E-state index contributed by atoms with van der Waals surface area (Å²) in [6, 6.07) is 17.9. The van der Waals surface area contributed by atoms with Crippen LogP contribution in [-0.4, -0.2) is 48.8 Å². The molecule has 5 rings (SSSR count). The molecule has 0 saturated carbocycles. The number of hydrogen-bond donors (Lipinski definition) is 3. The van der Waals surface area contributed by atoms with Crippen molar-refractivity contribution in [3.05, 3.63) is 78.2 Å². The molecule has 2 heterocycles. The standard InChI is InChI=1S/C22H21N6O5S2/c29-34(30)14-25-22(33-35(31)32)27(16-7-2-1-3-8-16)20-18-12-26-28(21(18)24-13-23-20)19-11-10-15-6-4-5-9-17(15)19/h1-5,7-9,12-13,19,22,25,34-35H,10-11,14H2. The molecule has 0 amide bonds. The highest BCUT2D eigenvalue weighted by atomic mass is 32.2. The number of rotatable bonds is 9. The molecular weight excluding hydrogens is 492 g/mol. The molecule has 1 aliphatic carbocycles. The van der Waals surface area contributed by atoms with Crippen molar-refractivity contribution < 1.29 is 21.0 Å². The van der Waals surface area contributed by atoms with Gasteiger partial charge in [-0.25, -0.2) is 35.7 Å². The lowest BCUT2D eigenvalue weighted by atomic mass is 10.1. The summed E-state index contributed by atoms with van der Waals surface area (Å²) in [7, 11) is -6.18. The highest BCUT2D eigenvalue weighted by Gasteiger charge is 2.30. The number of aromatic nitrogens is 4. The third-order valence-electron chi connectivity index (χ3n) is 5.75. The maximum Gasteiger partial charge on any atom is 0.260 e. The van der Waals surface area contributed by atoms with Crippen molar-refractivity contribution in [2.75, 3.05) is 10.8 Å². The molecule has 2 atom stereocenters. The van der Waals surface area contributed by atoms with E-state index in [-0.39, 0.29) is 6.04 Å². The second kappa shape index (κ2) is 10.1. The predicted molar refractivity (Wildman–Crippen MR) is 129 cm³/mol. The van der Waals surface area contributed by atoms with E-state index < -0.39 is 33.9 Å². The number of nitrogens with zero attached hydrogens (tertiary/aromatic N) is 5. The summed E-state index contributed by atoms with van der Waals surface area (Å²) in [5, 5.41) is 7.77. The van der Waals surface area contributed by atoms with Crippen LogP contribution in [0.2, 0.25) is 0 Å². The number of thiol groups is 2. The maximum absolute atomic E-state index is 11.5. The van der Waals surface area contributed by atoms with Gasteiger partial charge in [-0.15, -0.1) is 0 Å². The lowest BCUT2D eigenvalue weighted by molar-refractivity contribution is 0.193. The van der Waals surface area contributed by atoms with Crippen LogP contribution in [0.3, 0.4) is 0 Å². The Morgan fingerprint density at radius 3 is 2.74 bits per heavy atom. The Kier molecular flexibility index (Phi) is 6.72. The number of para-hydroxylation sites is 1. The fourth-order valence-electron chi connectivity index (χ4n) is 4.34. The third kappa shape index (κ3) is 4.75. The van der Waals surface area contributed by atoms with Gasteiger partial charge >= 0.3 is 0 Å². The Bertz CT molecular complexity index is 1490. The SMILES string of the molecule is O=[SH](=O)CNC(O[SH](=O)=O)N(c1ccccc1)c1ncnc2c1cnn2C1CCc2[c]cccc21. The predicted octanol–water partition coefficient (Wildman–Crippen LogP) is 1.29. The molecule has 2 aromatic heterocycles. The summed E-state index contributed by atoms with van der Waals surface area (Å²) in [6.07, 6.45) is 3.32. The minimum Gasteiger partial charge on any atom is -0.285 e. The van der Waals surface area contributed by atoms with E-state index in [1.807, 2.05) is 16.8 Å². The summed E-state index contributed by atoms with van der Waals surface area (Å²) >= 11 is 0. The molecule has 0 fully saturated rings. The first-order chi connectivity index (χ1) is 17.0. The van der Waals surface area contributed by atoms with E-state index in [0.717, 1.165) is 24.0 Å². The van der Waals surface area contributed by atoms with E-state index in [0.29, 0.717) is 22.5 Å². The van der Waals surface area contributed by atoms with Gasteiger partial charge in [0.05, 0.1) is 23.5 Å². The molecule has 2 unspecified atom stereocenters. The molecule has 0 aliphatic heterocycles. The van der Waals surface area contributed by atoms with Gasteiger partial charge in [0.1, 0.15) is 6.33 Å². The molecule has 1 radical (unpaired) electrons. The van der Waals surface area contributed by atoms with E-state index in [1.54, 1.807) is 36.5 Å². The number of hydrogen-bond acceptors (Lipinski definition) is 10. The molecule has 13 heteroatoms. The smallest absolute Gasteiger partial charge is 0.260 e. The zero-order valence-electron chi connectivity index (χ0n) is 18.2. The van der Waals surface area contributed by atoms with Crippen LogP contribution in [0.5, 0.6) is 0 Å². The van der Waals surface area contributed by atoms with Gasteiger partial charge in [0, 0.05) is 5.69 Å². The van der Waals surface area contributed by atoms with Gasteiger partial charge < -0.3 is 0 Å². The van der Waals surface area contributed by atoms with Crippen LogP contribution >= 0.6 is 0 Å². The Labute approximate surface area is 204 Å². The first-order valence-electron chi connectivity index (χ1n) is 10.7. The van der Waals surface area contributed by atoms with Gasteiger partial charge in [0.2, 0.25) is 6.35 Å². The monoisotopic (exact) mass is 513 g/mol. The molecule has 0 saturated heterocycles. The Balaban J connectivity index is 1.63. The number of nitrogens with one attached hydrogen (secondary N) is 1. The van der Waals surface area contributed by atoms with Crippen molar-refractivity contribution in [1.82, 2.24) is 25.1 Å². The highest BCUT2D eigenvalue weighted by molar-refractivity contribution is 7.72. The lowest BCUT2D eigenvalue weighted by Crippen LogP contribution is -2.46. The number of anilines is 2. The van der Waals surface area contributed by atoms with Crippen LogP contribution in [-0.2, 0) is 32.3 Å². The number of benzene rings is 2. The van der Waals surface area contributed by atoms with Gasteiger partial charge in [0.15, 0.2) is 22.2 Å². The van der Waals surface area contributed by atoms with Crippen molar-refractivity contribution in [1.29, 1.82) is 0 Å². The molecule has 35 heavy (non-hydrogen) atoms. The summed E-state index contributed by atoms with van der Waals surface area (Å²) in [5.74, 6) is -0.198. The molecule has 2 aromatic carbocycles. The van der Waals surface area contributed by atoms with E-state index in [1.165, 1.54) is 11.2 Å². The average Bonchev–Trinajstić information content (AvgIpc) is 3.47. The van der Waals surface area contributed by atoms with Crippen molar-refractivity contribution in [2.45, 2.75) is 25.2 Å². The topological polar surface area (TPSA) is 136 Å². The Morgan fingerprint density at radius 1 is 1.14 bits per heavy atom. The molecule has 1 aliphatic rings. The largest absolute Gasteiger partial charge is 0.285 e. The highest BCUT2D eigenvalue weighted by Crippen LogP contribution is 2.37. The summed E-state index contributed by atoms with van der Waals surface area (Å²) < 4.78 is 52.5. The first kappa shape index (κ1) is 23.4. The molecular formula is C22H21N6O5S2. The molecule has 4 aromatic rings. The van der Waals surface area contributed by atoms with Crippen molar-refractivity contribution in [3.8, 4) is 0 Å². The normalized spacial score (nSPS) is 16.1. The zero-order chi connectivity index (χ0) is 24.4. The number of fused-ring (bicyclic) bond motifs is 2. The zero-order valence-corrected chi connectivity index (χ0v) is 20.0. The van der Waals surface area contributed by atoms with Crippen LogP contribution < -0.4 is 10.2 Å². The summed E-state index contributed by atoms with van der Waals surface area (Å²) in [4.78, 5) is 10.3. The average molecular weight is 514 g/mol. The minimum absolute atomic E-state index is 0.0290. The Morgan fingerprint density at radius 2 is 1.97 bits per heavy atom. The van der Waals surface area contributed by atoms with Crippen LogP contribution in [0.15, 0.2) is 61.1 Å². The molecule has 181 valence electrons. The quantitative estimate of drug-likeness (QED) is 0.222. The lowest BCUT2D eigenvalue weighted by Gasteiger charge is -2.31. The van der Waals surface area contributed by atoms with Gasteiger partial charge in [0.25, 0.3) is 11.0 Å². The molecule has 11 nitrogen and oxygen atoms in total. The van der Waals surface area contributed by atoms with E-state index in [9.17, 15) is 16.8 Å². The molecule has 1 N–H and O–H groups in total. The number of aryl methyl sites for hydroxylation is 1. The van der Waals surface area contributed by atoms with E-state index in [4.69, 9.17) is 4.18 Å². The second-order valence-corrected chi connectivity index (χ2v) is 9.40. The van der Waals surface area contributed by atoms with Gasteiger partial charge in [-0.05, 0) is 42.2 Å². The minimum atomic E-state index is -3.33. The van der Waals surface area contributed by atoms with Gasteiger partial charge in [-0.2, -0.15) is 5.10 Å². The first-order valence-corrected chi connectivity index (χ1v) is 13.2. The maximum atomic E-state index is 11.5. The van der Waals surface area contributed by atoms with Crippen LogP contribution in [0, 0.1) is 6.07 Å². The summed E-state index contributed by atoms with van der Waals surface area (Å²) in [5.41, 5.74) is 3.35. The fourth-order valence-corrected chi connectivity index (χ4v) is 4.98. The van der Waals surface area contributed by atoms with Crippen molar-refractivity contribution in [2.24, 2.45) is 0 Å². The van der Waals surface area contributed by atoms with Crippen LogP contribution in [0.1, 0.15) is 23.6 Å². The molecule has 0 spiro atoms. The van der Waals surface area contributed by atoms with Gasteiger partial charge in [-0.3, -0.25) is 10.2 Å². The van der Waals surface area contributed by atoms with E-state index >= 15 is 0 Å². The summed E-state index contributed by atoms with van der Waals surface area (Å²) in [6.45, 7) is 0. The molecule has 0 bridgehead atoms. The fraction of sp³-hybridized carbons (Fsp3) is 0.227. The van der Waals surface area contributed by atoms with E-state index in [2.05, 4.69) is 32.5 Å². The van der Waals surface area contributed by atoms with Crippen molar-refractivity contribution >= 4 is 44.2 Å². The van der Waals surface area contributed by atoms with Crippen LogP contribution in [0.4, 0.5) is 11.5 Å². The van der Waals surface area contributed by atoms with Crippen LogP contribution in [0.25, 0.3) is 11.0 Å². The Hall–Kier alpha value is -3.39.